The van der Waals surface area contributed by atoms with Gasteiger partial charge in [-0.3, -0.25) is 9.47 Å². The van der Waals surface area contributed by atoms with Crippen molar-refractivity contribution in [3.05, 3.63) is 23.0 Å². The molecule has 3 atom stereocenters. The van der Waals surface area contributed by atoms with E-state index in [-0.39, 0.29) is 5.78 Å². The monoisotopic (exact) mass is 296 g/mol. The third-order valence-corrected chi connectivity index (χ3v) is 4.60. The van der Waals surface area contributed by atoms with Crippen LogP contribution in [0.1, 0.15) is 61.8 Å². The Morgan fingerprint density at radius 2 is 1.85 bits per heavy atom. The predicted molar refractivity (Wildman–Crippen MR) is 84.5 cm³/mol. The molecule has 1 fully saturated rings. The maximum absolute atomic E-state index is 12.2. The number of piperidine rings is 1. The third kappa shape index (κ3) is 2.60. The van der Waals surface area contributed by atoms with Gasteiger partial charge in [-0.15, -0.1) is 11.6 Å². The van der Waals surface area contributed by atoms with E-state index in [2.05, 4.69) is 30.5 Å². The van der Waals surface area contributed by atoms with Crippen LogP contribution in [0.15, 0.2) is 6.07 Å². The number of rotatable bonds is 3. The van der Waals surface area contributed by atoms with Crippen molar-refractivity contribution in [2.24, 2.45) is 0 Å². The summed E-state index contributed by atoms with van der Waals surface area (Å²) < 4.78 is 2.22. The minimum absolute atomic E-state index is 0.0170. The summed E-state index contributed by atoms with van der Waals surface area (Å²) in [6.07, 6.45) is 3.69. The van der Waals surface area contributed by atoms with Gasteiger partial charge < -0.3 is 5.01 Å². The van der Waals surface area contributed by atoms with Gasteiger partial charge in [-0.25, -0.2) is 0 Å². The highest BCUT2D eigenvalue weighted by atomic mass is 35.5. The first kappa shape index (κ1) is 15.4. The minimum atomic E-state index is -0.472. The van der Waals surface area contributed by atoms with Crippen LogP contribution in [0.4, 0.5) is 0 Å². The summed E-state index contributed by atoms with van der Waals surface area (Å²) in [6.45, 7) is 10.4. The molecule has 112 valence electrons. The highest BCUT2D eigenvalue weighted by molar-refractivity contribution is 6.33. The van der Waals surface area contributed by atoms with E-state index in [9.17, 15) is 4.79 Å². The van der Waals surface area contributed by atoms with Crippen molar-refractivity contribution in [3.63, 3.8) is 0 Å². The number of hydrogen-bond acceptors (Lipinski definition) is 2. The fraction of sp³-hybridized carbons (Fsp3) is 0.688. The number of aryl methyl sites for hydroxylation is 1. The van der Waals surface area contributed by atoms with Crippen LogP contribution in [-0.2, 0) is 0 Å². The first-order valence-electron chi connectivity index (χ1n) is 7.50. The molecule has 1 aromatic heterocycles. The SMILES string of the molecule is Cc1cc(C(=O)C(C)Cl)c(C)n1N1C(C)CCCC1C. The lowest BCUT2D eigenvalue weighted by Gasteiger charge is -2.43. The summed E-state index contributed by atoms with van der Waals surface area (Å²) in [5, 5.41) is 1.95. The van der Waals surface area contributed by atoms with E-state index in [1.807, 2.05) is 13.0 Å². The van der Waals surface area contributed by atoms with Gasteiger partial charge in [0.25, 0.3) is 0 Å². The van der Waals surface area contributed by atoms with Crippen LogP contribution >= 0.6 is 11.6 Å². The van der Waals surface area contributed by atoms with Gasteiger partial charge in [0.15, 0.2) is 5.78 Å². The van der Waals surface area contributed by atoms with E-state index in [0.717, 1.165) is 17.0 Å². The van der Waals surface area contributed by atoms with Crippen LogP contribution < -0.4 is 5.01 Å². The van der Waals surface area contributed by atoms with E-state index >= 15 is 0 Å². The average molecular weight is 297 g/mol. The molecule has 3 unspecified atom stereocenters. The first-order valence-corrected chi connectivity index (χ1v) is 7.94. The molecular formula is C16H25ClN2O. The average Bonchev–Trinajstić information content (AvgIpc) is 2.65. The molecule has 3 nitrogen and oxygen atoms in total. The Kier molecular flexibility index (Phi) is 4.48. The summed E-state index contributed by atoms with van der Waals surface area (Å²) in [7, 11) is 0. The molecule has 0 saturated carbocycles. The molecule has 0 aromatic carbocycles. The Balaban J connectivity index is 2.44. The van der Waals surface area contributed by atoms with Crippen LogP contribution in [0.5, 0.6) is 0 Å². The maximum atomic E-state index is 12.2. The molecule has 2 rings (SSSR count). The number of carbonyl (C=O) groups excluding carboxylic acids is 1. The van der Waals surface area contributed by atoms with Gasteiger partial charge in [0.2, 0.25) is 0 Å². The van der Waals surface area contributed by atoms with Crippen molar-refractivity contribution in [2.75, 3.05) is 5.01 Å². The van der Waals surface area contributed by atoms with E-state index in [0.29, 0.717) is 12.1 Å². The van der Waals surface area contributed by atoms with Crippen molar-refractivity contribution in [1.82, 2.24) is 4.68 Å². The first-order chi connectivity index (χ1) is 9.34. The Morgan fingerprint density at radius 1 is 1.30 bits per heavy atom. The lowest BCUT2D eigenvalue weighted by atomic mass is 10.00. The zero-order valence-corrected chi connectivity index (χ0v) is 13.9. The summed E-state index contributed by atoms with van der Waals surface area (Å²) >= 11 is 5.97. The fourth-order valence-corrected chi connectivity index (χ4v) is 3.49. The number of nitrogens with zero attached hydrogens (tertiary/aromatic N) is 2. The topological polar surface area (TPSA) is 25.2 Å². The zero-order chi connectivity index (χ0) is 15.0. The van der Waals surface area contributed by atoms with Gasteiger partial charge in [0.05, 0.1) is 5.38 Å². The smallest absolute Gasteiger partial charge is 0.182 e. The fourth-order valence-electron chi connectivity index (χ4n) is 3.37. The molecule has 0 bridgehead atoms. The lowest BCUT2D eigenvalue weighted by molar-refractivity contribution is 0.0991. The van der Waals surface area contributed by atoms with Crippen molar-refractivity contribution in [1.29, 1.82) is 0 Å². The molecule has 0 amide bonds. The quantitative estimate of drug-likeness (QED) is 0.626. The lowest BCUT2D eigenvalue weighted by Crippen LogP contribution is -2.51. The van der Waals surface area contributed by atoms with E-state index < -0.39 is 5.38 Å². The van der Waals surface area contributed by atoms with Crippen molar-refractivity contribution < 1.29 is 4.79 Å². The van der Waals surface area contributed by atoms with E-state index in [4.69, 9.17) is 11.6 Å². The summed E-state index contributed by atoms with van der Waals surface area (Å²) in [5.74, 6) is 0.0170. The Hall–Kier alpha value is -0.960. The molecule has 20 heavy (non-hydrogen) atoms. The van der Waals surface area contributed by atoms with Crippen LogP contribution in [0.2, 0.25) is 0 Å². The highest BCUT2D eigenvalue weighted by Gasteiger charge is 2.29. The molecule has 1 aromatic rings. The molecule has 0 spiro atoms. The summed E-state index contributed by atoms with van der Waals surface area (Å²) in [5.41, 5.74) is 2.89. The minimum Gasteiger partial charge on any atom is -0.307 e. The van der Waals surface area contributed by atoms with Gasteiger partial charge >= 0.3 is 0 Å². The highest BCUT2D eigenvalue weighted by Crippen LogP contribution is 2.26. The zero-order valence-electron chi connectivity index (χ0n) is 13.1. The molecular weight excluding hydrogens is 272 g/mol. The third-order valence-electron chi connectivity index (χ3n) is 4.40. The van der Waals surface area contributed by atoms with Crippen molar-refractivity contribution >= 4 is 17.4 Å². The number of Topliss-reactive ketones (excluding diaryl/α,β-unsaturated/α-hetero) is 1. The van der Waals surface area contributed by atoms with Crippen LogP contribution in [-0.4, -0.2) is 27.9 Å². The normalized spacial score (nSPS) is 24.8. The molecule has 0 N–H and O–H groups in total. The number of alkyl halides is 1. The maximum Gasteiger partial charge on any atom is 0.182 e. The Bertz CT molecular complexity index is 497. The standard InChI is InChI=1S/C16H25ClN2O/c1-10-7-6-8-11(2)18(10)19-12(3)9-15(14(19)5)16(20)13(4)17/h9-11,13H,6-8H2,1-5H3. The Morgan fingerprint density at radius 3 is 2.35 bits per heavy atom. The summed E-state index contributed by atoms with van der Waals surface area (Å²) in [6, 6.07) is 2.98. The second kappa shape index (κ2) is 5.80. The van der Waals surface area contributed by atoms with Crippen LogP contribution in [0, 0.1) is 13.8 Å². The van der Waals surface area contributed by atoms with Crippen LogP contribution in [0.3, 0.4) is 0 Å². The van der Waals surface area contributed by atoms with Gasteiger partial charge in [-0.1, -0.05) is 0 Å². The van der Waals surface area contributed by atoms with Crippen molar-refractivity contribution in [2.45, 2.75) is 71.3 Å². The number of hydrogen-bond donors (Lipinski definition) is 0. The predicted octanol–water partition coefficient (Wildman–Crippen LogP) is 3.81. The van der Waals surface area contributed by atoms with Gasteiger partial charge in [-0.2, -0.15) is 0 Å². The second-order valence-corrected chi connectivity index (χ2v) is 6.74. The second-order valence-electron chi connectivity index (χ2n) is 6.09. The molecule has 1 aliphatic rings. The van der Waals surface area contributed by atoms with Gasteiger partial charge in [0.1, 0.15) is 0 Å². The van der Waals surface area contributed by atoms with Gasteiger partial charge in [0, 0.05) is 29.0 Å². The largest absolute Gasteiger partial charge is 0.307 e. The number of ketones is 1. The number of carbonyl (C=O) groups is 1. The Labute approximate surface area is 126 Å². The molecule has 2 heterocycles. The number of aromatic nitrogens is 1. The van der Waals surface area contributed by atoms with E-state index in [1.165, 1.54) is 19.3 Å². The molecule has 1 aliphatic heterocycles. The summed E-state index contributed by atoms with van der Waals surface area (Å²) in [4.78, 5) is 12.2. The molecule has 0 radical (unpaired) electrons. The molecule has 0 aliphatic carbocycles. The van der Waals surface area contributed by atoms with Crippen molar-refractivity contribution in [3.8, 4) is 0 Å². The van der Waals surface area contributed by atoms with Crippen LogP contribution in [0.25, 0.3) is 0 Å². The molecule has 1 saturated heterocycles. The molecule has 4 heteroatoms. The van der Waals surface area contributed by atoms with Gasteiger partial charge in [-0.05, 0) is 59.9 Å². The van der Waals surface area contributed by atoms with E-state index in [1.54, 1.807) is 6.92 Å². The number of halogens is 1.